The summed E-state index contributed by atoms with van der Waals surface area (Å²) < 4.78 is 16.3. The van der Waals surface area contributed by atoms with Gasteiger partial charge in [-0.3, -0.25) is 0 Å². The van der Waals surface area contributed by atoms with Gasteiger partial charge in [0.25, 0.3) is 0 Å². The molecule has 29 heavy (non-hydrogen) atoms. The lowest BCUT2D eigenvalue weighted by atomic mass is 9.98. The van der Waals surface area contributed by atoms with Gasteiger partial charge < -0.3 is 19.3 Å². The third-order valence-corrected chi connectivity index (χ3v) is 4.33. The van der Waals surface area contributed by atoms with Gasteiger partial charge in [-0.2, -0.15) is 5.26 Å². The van der Waals surface area contributed by atoms with Crippen molar-refractivity contribution in [3.05, 3.63) is 60.2 Å². The van der Waals surface area contributed by atoms with Crippen molar-refractivity contribution in [2.45, 2.75) is 6.92 Å². The summed E-state index contributed by atoms with van der Waals surface area (Å²) in [7, 11) is 1.61. The minimum Gasteiger partial charge on any atom is -0.508 e. The fourth-order valence-electron chi connectivity index (χ4n) is 2.85. The van der Waals surface area contributed by atoms with E-state index in [1.54, 1.807) is 31.4 Å². The average molecular weight is 390 g/mol. The number of aromatic nitrogens is 1. The molecule has 1 aromatic heterocycles. The molecule has 0 atom stereocenters. The first-order chi connectivity index (χ1) is 14.2. The van der Waals surface area contributed by atoms with Gasteiger partial charge in [-0.1, -0.05) is 12.1 Å². The molecule has 0 spiro atoms. The molecule has 0 fully saturated rings. The highest BCUT2D eigenvalue weighted by molar-refractivity contribution is 5.78. The summed E-state index contributed by atoms with van der Waals surface area (Å²) in [5.41, 5.74) is 3.35. The van der Waals surface area contributed by atoms with Crippen LogP contribution < -0.4 is 9.47 Å². The fraction of sp³-hybridized carbons (Fsp3) is 0.217. The Morgan fingerprint density at radius 2 is 1.69 bits per heavy atom. The zero-order valence-electron chi connectivity index (χ0n) is 16.4. The van der Waals surface area contributed by atoms with Crippen molar-refractivity contribution >= 4 is 0 Å². The molecular formula is C23H22N2O4. The SMILES string of the molecule is CCOCCOc1nc(-c2ccc(O)cc2)cc(-c2ccc(OC)cc2)c1C#N. The summed E-state index contributed by atoms with van der Waals surface area (Å²) in [6, 6.07) is 18.3. The van der Waals surface area contributed by atoms with Crippen LogP contribution in [0, 0.1) is 11.3 Å². The summed E-state index contributed by atoms with van der Waals surface area (Å²) in [6.07, 6.45) is 0. The van der Waals surface area contributed by atoms with Crippen LogP contribution in [0.2, 0.25) is 0 Å². The third kappa shape index (κ3) is 4.84. The Balaban J connectivity index is 2.09. The van der Waals surface area contributed by atoms with Crippen LogP contribution in [-0.4, -0.2) is 37.0 Å². The maximum absolute atomic E-state index is 9.80. The molecule has 3 rings (SSSR count). The van der Waals surface area contributed by atoms with E-state index < -0.39 is 0 Å². The predicted molar refractivity (Wildman–Crippen MR) is 110 cm³/mol. The van der Waals surface area contributed by atoms with E-state index in [-0.39, 0.29) is 18.2 Å². The molecule has 1 heterocycles. The molecule has 148 valence electrons. The lowest BCUT2D eigenvalue weighted by Gasteiger charge is -2.14. The van der Waals surface area contributed by atoms with Gasteiger partial charge in [0.1, 0.15) is 29.7 Å². The Morgan fingerprint density at radius 1 is 1.00 bits per heavy atom. The Bertz CT molecular complexity index is 993. The molecule has 0 saturated carbocycles. The number of aromatic hydroxyl groups is 1. The van der Waals surface area contributed by atoms with E-state index in [1.165, 1.54) is 0 Å². The maximum Gasteiger partial charge on any atom is 0.232 e. The number of ether oxygens (including phenoxy) is 3. The Labute approximate surface area is 169 Å². The van der Waals surface area contributed by atoms with Crippen LogP contribution in [0.3, 0.4) is 0 Å². The number of phenols is 1. The van der Waals surface area contributed by atoms with E-state index in [4.69, 9.17) is 14.2 Å². The molecule has 1 N–H and O–H groups in total. The average Bonchev–Trinajstić information content (AvgIpc) is 2.76. The second-order valence-electron chi connectivity index (χ2n) is 6.17. The van der Waals surface area contributed by atoms with Crippen LogP contribution in [0.1, 0.15) is 12.5 Å². The molecule has 0 bridgehead atoms. The highest BCUT2D eigenvalue weighted by Crippen LogP contribution is 2.34. The molecule has 0 aliphatic heterocycles. The normalized spacial score (nSPS) is 10.4. The number of hydrogen-bond donors (Lipinski definition) is 1. The smallest absolute Gasteiger partial charge is 0.232 e. The Hall–Kier alpha value is -3.56. The van der Waals surface area contributed by atoms with Crippen molar-refractivity contribution in [3.63, 3.8) is 0 Å². The van der Waals surface area contributed by atoms with Gasteiger partial charge in [0, 0.05) is 17.7 Å². The van der Waals surface area contributed by atoms with Crippen molar-refractivity contribution in [1.29, 1.82) is 5.26 Å². The molecule has 0 aliphatic rings. The molecular weight excluding hydrogens is 368 g/mol. The second kappa shape index (κ2) is 9.58. The summed E-state index contributed by atoms with van der Waals surface area (Å²) in [4.78, 5) is 4.55. The van der Waals surface area contributed by atoms with E-state index in [2.05, 4.69) is 11.1 Å². The van der Waals surface area contributed by atoms with Crippen LogP contribution in [0.25, 0.3) is 22.4 Å². The number of phenolic OH excluding ortho intramolecular Hbond substituents is 1. The minimum absolute atomic E-state index is 0.172. The van der Waals surface area contributed by atoms with E-state index in [0.29, 0.717) is 30.0 Å². The van der Waals surface area contributed by atoms with Gasteiger partial charge in [-0.25, -0.2) is 4.98 Å². The monoisotopic (exact) mass is 390 g/mol. The van der Waals surface area contributed by atoms with Crippen molar-refractivity contribution in [1.82, 2.24) is 4.98 Å². The first-order valence-corrected chi connectivity index (χ1v) is 9.25. The lowest BCUT2D eigenvalue weighted by molar-refractivity contribution is 0.108. The Morgan fingerprint density at radius 3 is 2.31 bits per heavy atom. The van der Waals surface area contributed by atoms with Crippen molar-refractivity contribution in [2.24, 2.45) is 0 Å². The molecule has 0 radical (unpaired) electrons. The van der Waals surface area contributed by atoms with Crippen LogP contribution in [0.15, 0.2) is 54.6 Å². The highest BCUT2D eigenvalue weighted by atomic mass is 16.5. The Kier molecular flexibility index (Phi) is 6.67. The molecule has 6 nitrogen and oxygen atoms in total. The maximum atomic E-state index is 9.80. The number of nitriles is 1. The first kappa shape index (κ1) is 20.2. The molecule has 3 aromatic rings. The number of nitrogens with zero attached hydrogens (tertiary/aromatic N) is 2. The van der Waals surface area contributed by atoms with E-state index in [9.17, 15) is 10.4 Å². The molecule has 0 aliphatic carbocycles. The molecule has 0 saturated heterocycles. The van der Waals surface area contributed by atoms with Gasteiger partial charge in [-0.05, 0) is 55.0 Å². The van der Waals surface area contributed by atoms with Gasteiger partial charge in [0.15, 0.2) is 0 Å². The summed E-state index contributed by atoms with van der Waals surface area (Å²) >= 11 is 0. The van der Waals surface area contributed by atoms with Crippen LogP contribution in [0.4, 0.5) is 0 Å². The summed E-state index contributed by atoms with van der Waals surface area (Å²) in [5.74, 6) is 1.16. The predicted octanol–water partition coefficient (Wildman–Crippen LogP) is 4.42. The van der Waals surface area contributed by atoms with Crippen molar-refractivity contribution < 1.29 is 19.3 Å². The zero-order chi connectivity index (χ0) is 20.6. The van der Waals surface area contributed by atoms with E-state index in [1.807, 2.05) is 37.3 Å². The number of methoxy groups -OCH3 is 1. The number of hydrogen-bond acceptors (Lipinski definition) is 6. The second-order valence-corrected chi connectivity index (χ2v) is 6.17. The molecule has 2 aromatic carbocycles. The summed E-state index contributed by atoms with van der Waals surface area (Å²) in [6.45, 7) is 3.19. The number of benzene rings is 2. The van der Waals surface area contributed by atoms with Crippen LogP contribution in [0.5, 0.6) is 17.4 Å². The fourth-order valence-corrected chi connectivity index (χ4v) is 2.85. The van der Waals surface area contributed by atoms with Gasteiger partial charge in [0.05, 0.1) is 19.4 Å². The molecule has 6 heteroatoms. The molecule has 0 unspecified atom stereocenters. The van der Waals surface area contributed by atoms with E-state index >= 15 is 0 Å². The number of pyridine rings is 1. The standard InChI is InChI=1S/C23H22N2O4/c1-3-28-12-13-29-23-21(15-24)20(16-6-10-19(27-2)11-7-16)14-22(25-23)17-4-8-18(26)9-5-17/h4-11,14,26H,3,12-13H2,1-2H3. The third-order valence-electron chi connectivity index (χ3n) is 4.33. The van der Waals surface area contributed by atoms with Crippen molar-refractivity contribution in [2.75, 3.05) is 26.9 Å². The van der Waals surface area contributed by atoms with Crippen LogP contribution >= 0.6 is 0 Å². The topological polar surface area (TPSA) is 84.6 Å². The van der Waals surface area contributed by atoms with Gasteiger partial charge >= 0.3 is 0 Å². The summed E-state index contributed by atoms with van der Waals surface area (Å²) in [5, 5.41) is 19.4. The largest absolute Gasteiger partial charge is 0.508 e. The van der Waals surface area contributed by atoms with Crippen LogP contribution in [-0.2, 0) is 4.74 Å². The van der Waals surface area contributed by atoms with Crippen molar-refractivity contribution in [3.8, 4) is 45.8 Å². The zero-order valence-corrected chi connectivity index (χ0v) is 16.4. The van der Waals surface area contributed by atoms with Gasteiger partial charge in [-0.15, -0.1) is 0 Å². The quantitative estimate of drug-likeness (QED) is 0.573. The minimum atomic E-state index is 0.172. The van der Waals surface area contributed by atoms with E-state index in [0.717, 1.165) is 16.9 Å². The lowest BCUT2D eigenvalue weighted by Crippen LogP contribution is -2.09. The number of rotatable bonds is 8. The highest BCUT2D eigenvalue weighted by Gasteiger charge is 2.17. The molecule has 0 amide bonds. The first-order valence-electron chi connectivity index (χ1n) is 9.25. The van der Waals surface area contributed by atoms with Gasteiger partial charge in [0.2, 0.25) is 5.88 Å².